The summed E-state index contributed by atoms with van der Waals surface area (Å²) in [5.74, 6) is -4.31. The summed E-state index contributed by atoms with van der Waals surface area (Å²) in [4.78, 5) is 40.7. The van der Waals surface area contributed by atoms with E-state index >= 15 is 0 Å². The molecule has 10 nitrogen and oxygen atoms in total. The van der Waals surface area contributed by atoms with Gasteiger partial charge in [-0.1, -0.05) is 0 Å². The van der Waals surface area contributed by atoms with Gasteiger partial charge in [-0.05, 0) is 12.2 Å². The van der Waals surface area contributed by atoms with E-state index in [1.165, 1.54) is 14.2 Å². The van der Waals surface area contributed by atoms with Crippen LogP contribution in [0.4, 0.5) is 0 Å². The first-order valence-corrected chi connectivity index (χ1v) is 6.43. The van der Waals surface area contributed by atoms with Gasteiger partial charge in [-0.25, -0.2) is 9.59 Å². The van der Waals surface area contributed by atoms with Crippen LogP contribution in [0.15, 0.2) is 24.3 Å². The number of hydrogen-bond donors (Lipinski definition) is 0. The molecular formula is C14H18O10Zn. The average Bonchev–Trinajstić information content (AvgIpc) is 2.52. The maximum absolute atomic E-state index is 10.6. The second-order valence-corrected chi connectivity index (χ2v) is 3.63. The number of methoxy groups -OCH3 is 2. The predicted molar refractivity (Wildman–Crippen MR) is 74.0 cm³/mol. The molecule has 0 atom stereocenters. The Balaban J connectivity index is -0.000000372. The van der Waals surface area contributed by atoms with Crippen LogP contribution in [0.2, 0.25) is 0 Å². The fraction of sp³-hybridized carbons (Fsp3) is 0.429. The second kappa shape index (κ2) is 19.9. The molecule has 0 heterocycles. The molecule has 0 unspecified atom stereocenters. The zero-order valence-electron chi connectivity index (χ0n) is 13.9. The molecule has 0 saturated heterocycles. The van der Waals surface area contributed by atoms with E-state index in [9.17, 15) is 29.4 Å². The van der Waals surface area contributed by atoms with Crippen LogP contribution < -0.4 is 10.2 Å². The Morgan fingerprint density at radius 3 is 1.24 bits per heavy atom. The molecular weight excluding hydrogens is 394 g/mol. The Hall–Kier alpha value is -2.10. The molecule has 0 saturated carbocycles. The van der Waals surface area contributed by atoms with Crippen molar-refractivity contribution in [2.24, 2.45) is 0 Å². The molecule has 136 valence electrons. The Morgan fingerprint density at radius 2 is 1.00 bits per heavy atom. The predicted octanol–water partition coefficient (Wildman–Crippen LogP) is -3.04. The summed E-state index contributed by atoms with van der Waals surface area (Å²) in [6, 6.07) is 0. The summed E-state index contributed by atoms with van der Waals surface area (Å²) in [6.45, 7) is 0.773. The number of carboxylic acids is 2. The minimum atomic E-state index is -1.43. The van der Waals surface area contributed by atoms with Crippen molar-refractivity contribution in [3.8, 4) is 0 Å². The minimum absolute atomic E-state index is 0. The fourth-order valence-electron chi connectivity index (χ4n) is 0.820. The van der Waals surface area contributed by atoms with E-state index in [0.717, 1.165) is 12.2 Å². The molecule has 0 aliphatic rings. The summed E-state index contributed by atoms with van der Waals surface area (Å²) >= 11 is 0. The van der Waals surface area contributed by atoms with Gasteiger partial charge in [-0.2, -0.15) is 0 Å². The van der Waals surface area contributed by atoms with Crippen LogP contribution >= 0.6 is 0 Å². The van der Waals surface area contributed by atoms with Crippen molar-refractivity contribution in [1.29, 1.82) is 0 Å². The van der Waals surface area contributed by atoms with E-state index < -0.39 is 23.9 Å². The van der Waals surface area contributed by atoms with Gasteiger partial charge in [0.1, 0.15) is 13.2 Å². The molecule has 0 fully saturated rings. The van der Waals surface area contributed by atoms with Gasteiger partial charge in [-0.3, -0.25) is 0 Å². The maximum Gasteiger partial charge on any atom is 2.00 e. The van der Waals surface area contributed by atoms with Crippen molar-refractivity contribution in [1.82, 2.24) is 0 Å². The first-order valence-electron chi connectivity index (χ1n) is 6.43. The Bertz CT molecular complexity index is 417. The standard InChI is InChI=1S/2C7H10O5.Zn/c2*1-11-4-5-12-7(10)3-2-6(8)9;/h2*2-3H,4-5H2,1H3,(H,8,9);/q;;+2/p-2. The van der Waals surface area contributed by atoms with Crippen molar-refractivity contribution in [2.45, 2.75) is 0 Å². The van der Waals surface area contributed by atoms with E-state index in [4.69, 9.17) is 0 Å². The van der Waals surface area contributed by atoms with Gasteiger partial charge in [0.15, 0.2) is 0 Å². The molecule has 0 amide bonds. The van der Waals surface area contributed by atoms with Gasteiger partial charge in [0.25, 0.3) is 0 Å². The van der Waals surface area contributed by atoms with Gasteiger partial charge < -0.3 is 38.7 Å². The van der Waals surface area contributed by atoms with E-state index in [2.05, 4.69) is 18.9 Å². The fourth-order valence-corrected chi connectivity index (χ4v) is 0.820. The maximum atomic E-state index is 10.6. The van der Waals surface area contributed by atoms with E-state index in [0.29, 0.717) is 12.2 Å². The Kier molecular flexibility index (Phi) is 22.1. The van der Waals surface area contributed by atoms with E-state index in [1.807, 2.05) is 0 Å². The van der Waals surface area contributed by atoms with Gasteiger partial charge >= 0.3 is 31.4 Å². The first-order chi connectivity index (χ1) is 11.3. The van der Waals surface area contributed by atoms with Gasteiger partial charge in [-0.15, -0.1) is 0 Å². The second-order valence-electron chi connectivity index (χ2n) is 3.63. The van der Waals surface area contributed by atoms with Crippen molar-refractivity contribution in [3.63, 3.8) is 0 Å². The van der Waals surface area contributed by atoms with Crippen molar-refractivity contribution >= 4 is 23.9 Å². The molecule has 0 spiro atoms. The Labute approximate surface area is 157 Å². The van der Waals surface area contributed by atoms with Gasteiger partial charge in [0.2, 0.25) is 0 Å². The van der Waals surface area contributed by atoms with Crippen LogP contribution in [-0.2, 0) is 57.6 Å². The normalized spacial score (nSPS) is 9.68. The van der Waals surface area contributed by atoms with Crippen molar-refractivity contribution in [2.75, 3.05) is 40.6 Å². The number of aliphatic carboxylic acids is 2. The molecule has 0 radical (unpaired) electrons. The number of hydrogen-bond acceptors (Lipinski definition) is 10. The summed E-state index contributed by atoms with van der Waals surface area (Å²) in [5.41, 5.74) is 0. The SMILES string of the molecule is COCCOC(=O)C=CC(=O)[O-].COCCOC(=O)C=CC(=O)[O-].[Zn+2]. The molecule has 0 aromatic carbocycles. The van der Waals surface area contributed by atoms with Gasteiger partial charge in [0.05, 0.1) is 25.2 Å². The minimum Gasteiger partial charge on any atom is -0.545 e. The molecule has 0 aliphatic heterocycles. The summed E-state index contributed by atoms with van der Waals surface area (Å²) in [6.07, 6.45) is 2.78. The van der Waals surface area contributed by atoms with E-state index in [1.54, 1.807) is 0 Å². The number of esters is 2. The van der Waals surface area contributed by atoms with E-state index in [-0.39, 0.29) is 45.9 Å². The van der Waals surface area contributed by atoms with Crippen LogP contribution in [0.25, 0.3) is 0 Å². The largest absolute Gasteiger partial charge is 2.00 e. The number of rotatable bonds is 10. The van der Waals surface area contributed by atoms with Crippen LogP contribution in [0.1, 0.15) is 0 Å². The third-order valence-corrected chi connectivity index (χ3v) is 1.77. The van der Waals surface area contributed by atoms with Crippen LogP contribution in [0, 0.1) is 0 Å². The number of carbonyl (C=O) groups is 4. The van der Waals surface area contributed by atoms with Gasteiger partial charge in [0, 0.05) is 26.4 Å². The van der Waals surface area contributed by atoms with Crippen LogP contribution in [-0.4, -0.2) is 64.5 Å². The molecule has 0 aromatic rings. The van der Waals surface area contributed by atoms with Crippen LogP contribution in [0.3, 0.4) is 0 Å². The summed E-state index contributed by atoms with van der Waals surface area (Å²) < 4.78 is 18.2. The smallest absolute Gasteiger partial charge is 0.545 e. The quantitative estimate of drug-likeness (QED) is 0.157. The number of ether oxygens (including phenoxy) is 4. The molecule has 0 rings (SSSR count). The topological polar surface area (TPSA) is 151 Å². The van der Waals surface area contributed by atoms with Crippen molar-refractivity contribution < 1.29 is 67.8 Å². The summed E-state index contributed by atoms with van der Waals surface area (Å²) in [5, 5.41) is 19.6. The zero-order valence-corrected chi connectivity index (χ0v) is 16.9. The third kappa shape index (κ3) is 27.1. The van der Waals surface area contributed by atoms with Crippen LogP contribution in [0.5, 0.6) is 0 Å². The molecule has 11 heteroatoms. The Morgan fingerprint density at radius 1 is 0.680 bits per heavy atom. The number of carbonyl (C=O) groups excluding carboxylic acids is 4. The third-order valence-electron chi connectivity index (χ3n) is 1.77. The number of carboxylic acid groups (broad SMARTS) is 2. The first kappa shape index (κ1) is 27.7. The molecule has 25 heavy (non-hydrogen) atoms. The van der Waals surface area contributed by atoms with Crippen molar-refractivity contribution in [3.05, 3.63) is 24.3 Å². The molecule has 0 N–H and O–H groups in total. The molecule has 0 aliphatic carbocycles. The molecule has 0 bridgehead atoms. The zero-order chi connectivity index (χ0) is 18.8. The average molecular weight is 412 g/mol. The monoisotopic (exact) mass is 410 g/mol. The summed E-state index contributed by atoms with van der Waals surface area (Å²) in [7, 11) is 2.93. The molecule has 0 aromatic heterocycles.